The number of hydrogen-bond donors (Lipinski definition) is 1. The third-order valence-corrected chi connectivity index (χ3v) is 4.69. The molecule has 2 rings (SSSR count). The van der Waals surface area contributed by atoms with Crippen LogP contribution in [0.15, 0.2) is 34.8 Å². The summed E-state index contributed by atoms with van der Waals surface area (Å²) in [5.74, 6) is 0. The summed E-state index contributed by atoms with van der Waals surface area (Å²) in [4.78, 5) is 2.81. The van der Waals surface area contributed by atoms with E-state index in [2.05, 4.69) is 60.1 Å². The molecule has 0 bridgehead atoms. The van der Waals surface area contributed by atoms with Gasteiger partial charge in [-0.3, -0.25) is 0 Å². The number of hydrogen-bond acceptors (Lipinski definition) is 2. The second-order valence-electron chi connectivity index (χ2n) is 4.59. The summed E-state index contributed by atoms with van der Waals surface area (Å²) in [5.41, 5.74) is 8.75. The van der Waals surface area contributed by atoms with Crippen LogP contribution in [0.1, 0.15) is 33.8 Å². The van der Waals surface area contributed by atoms with Crippen molar-refractivity contribution in [2.24, 2.45) is 5.73 Å². The predicted molar refractivity (Wildman–Crippen MR) is 83.2 cm³/mol. The number of nitrogens with two attached hydrogens (primary N) is 1. The van der Waals surface area contributed by atoms with E-state index in [1.807, 2.05) is 11.3 Å². The molecule has 0 aliphatic carbocycles. The van der Waals surface area contributed by atoms with Crippen LogP contribution in [-0.2, 0) is 12.8 Å². The minimum absolute atomic E-state index is 0.0737. The smallest absolute Gasteiger partial charge is 0.0344 e. The monoisotopic (exact) mass is 323 g/mol. The average Bonchev–Trinajstić information content (AvgIpc) is 2.75. The van der Waals surface area contributed by atoms with Crippen LogP contribution in [0.3, 0.4) is 0 Å². The van der Waals surface area contributed by atoms with Gasteiger partial charge in [-0.2, -0.15) is 0 Å². The standard InChI is InChI=1S/C15H18BrNS/c1-3-13-4-5-14(18-13)9-15(17)11-6-10(2)7-12(16)8-11/h4-8,15H,3,9,17H2,1-2H3. The molecule has 2 aromatic rings. The summed E-state index contributed by atoms with van der Waals surface area (Å²) in [6, 6.07) is 10.9. The minimum atomic E-state index is 0.0737. The summed E-state index contributed by atoms with van der Waals surface area (Å²) >= 11 is 5.40. The first kappa shape index (κ1) is 13.8. The molecule has 0 spiro atoms. The molecule has 0 fully saturated rings. The second kappa shape index (κ2) is 6.00. The van der Waals surface area contributed by atoms with E-state index >= 15 is 0 Å². The minimum Gasteiger partial charge on any atom is -0.324 e. The van der Waals surface area contributed by atoms with Gasteiger partial charge in [-0.25, -0.2) is 0 Å². The van der Waals surface area contributed by atoms with E-state index in [1.54, 1.807) is 0 Å². The number of aryl methyl sites for hydroxylation is 2. The fraction of sp³-hybridized carbons (Fsp3) is 0.333. The van der Waals surface area contributed by atoms with Gasteiger partial charge in [-0.1, -0.05) is 28.9 Å². The molecular formula is C15H18BrNS. The molecule has 0 aliphatic rings. The van der Waals surface area contributed by atoms with Crippen molar-refractivity contribution in [3.05, 3.63) is 55.7 Å². The van der Waals surface area contributed by atoms with E-state index in [0.717, 1.165) is 17.3 Å². The highest BCUT2D eigenvalue weighted by Crippen LogP contribution is 2.25. The van der Waals surface area contributed by atoms with E-state index < -0.39 is 0 Å². The molecule has 1 atom stereocenters. The van der Waals surface area contributed by atoms with Crippen LogP contribution in [0.25, 0.3) is 0 Å². The van der Waals surface area contributed by atoms with Crippen molar-refractivity contribution in [1.29, 1.82) is 0 Å². The van der Waals surface area contributed by atoms with Gasteiger partial charge in [0.15, 0.2) is 0 Å². The molecule has 0 aliphatic heterocycles. The summed E-state index contributed by atoms with van der Waals surface area (Å²) < 4.78 is 1.10. The van der Waals surface area contributed by atoms with Crippen LogP contribution in [0.4, 0.5) is 0 Å². The number of benzene rings is 1. The lowest BCUT2D eigenvalue weighted by atomic mass is 10.0. The number of rotatable bonds is 4. The van der Waals surface area contributed by atoms with Crippen molar-refractivity contribution in [2.45, 2.75) is 32.7 Å². The van der Waals surface area contributed by atoms with Crippen LogP contribution in [0.5, 0.6) is 0 Å². The van der Waals surface area contributed by atoms with Gasteiger partial charge in [0, 0.05) is 26.7 Å². The van der Waals surface area contributed by atoms with E-state index in [9.17, 15) is 0 Å². The molecule has 1 aromatic carbocycles. The maximum absolute atomic E-state index is 6.30. The molecule has 1 heterocycles. The highest BCUT2D eigenvalue weighted by molar-refractivity contribution is 9.10. The van der Waals surface area contributed by atoms with Gasteiger partial charge < -0.3 is 5.73 Å². The zero-order chi connectivity index (χ0) is 13.1. The Bertz CT molecular complexity index is 513. The van der Waals surface area contributed by atoms with Gasteiger partial charge >= 0.3 is 0 Å². The van der Waals surface area contributed by atoms with Crippen LogP contribution < -0.4 is 5.73 Å². The Morgan fingerprint density at radius 2 is 1.94 bits per heavy atom. The van der Waals surface area contributed by atoms with Crippen molar-refractivity contribution in [3.63, 3.8) is 0 Å². The Kier molecular flexibility index (Phi) is 4.60. The SMILES string of the molecule is CCc1ccc(CC(N)c2cc(C)cc(Br)c2)s1. The lowest BCUT2D eigenvalue weighted by Crippen LogP contribution is -2.12. The van der Waals surface area contributed by atoms with Gasteiger partial charge in [0.1, 0.15) is 0 Å². The molecule has 2 N–H and O–H groups in total. The van der Waals surface area contributed by atoms with Crippen molar-refractivity contribution in [2.75, 3.05) is 0 Å². The number of halogens is 1. The Balaban J connectivity index is 2.13. The van der Waals surface area contributed by atoms with Crippen LogP contribution in [0, 0.1) is 6.92 Å². The van der Waals surface area contributed by atoms with Crippen LogP contribution in [0.2, 0.25) is 0 Å². The van der Waals surface area contributed by atoms with E-state index in [0.29, 0.717) is 0 Å². The quantitative estimate of drug-likeness (QED) is 0.872. The summed E-state index contributed by atoms with van der Waals surface area (Å²) in [6.07, 6.45) is 2.02. The molecule has 18 heavy (non-hydrogen) atoms. The topological polar surface area (TPSA) is 26.0 Å². The maximum atomic E-state index is 6.30. The summed E-state index contributed by atoms with van der Waals surface area (Å²) in [5, 5.41) is 0. The Morgan fingerprint density at radius 3 is 2.56 bits per heavy atom. The van der Waals surface area contributed by atoms with Gasteiger partial charge in [0.05, 0.1) is 0 Å². The van der Waals surface area contributed by atoms with Crippen LogP contribution in [-0.4, -0.2) is 0 Å². The Labute approximate surface area is 121 Å². The molecule has 0 amide bonds. The number of thiophene rings is 1. The van der Waals surface area contributed by atoms with Gasteiger partial charge in [-0.15, -0.1) is 11.3 Å². The zero-order valence-electron chi connectivity index (χ0n) is 10.7. The maximum Gasteiger partial charge on any atom is 0.0344 e. The molecule has 1 unspecified atom stereocenters. The van der Waals surface area contributed by atoms with Crippen LogP contribution >= 0.6 is 27.3 Å². The highest BCUT2D eigenvalue weighted by atomic mass is 79.9. The predicted octanol–water partition coefficient (Wildman–Crippen LogP) is 4.62. The molecule has 1 aromatic heterocycles. The third-order valence-electron chi connectivity index (χ3n) is 2.98. The van der Waals surface area contributed by atoms with Crippen molar-refractivity contribution < 1.29 is 0 Å². The Hall–Kier alpha value is -0.640. The highest BCUT2D eigenvalue weighted by Gasteiger charge is 2.10. The molecule has 3 heteroatoms. The van der Waals surface area contributed by atoms with Crippen molar-refractivity contribution in [1.82, 2.24) is 0 Å². The molecule has 0 radical (unpaired) electrons. The van der Waals surface area contributed by atoms with Gasteiger partial charge in [0.25, 0.3) is 0 Å². The first-order chi connectivity index (χ1) is 8.58. The largest absolute Gasteiger partial charge is 0.324 e. The molecule has 96 valence electrons. The Morgan fingerprint density at radius 1 is 1.22 bits per heavy atom. The van der Waals surface area contributed by atoms with E-state index in [4.69, 9.17) is 5.73 Å². The lowest BCUT2D eigenvalue weighted by molar-refractivity contribution is 0.729. The fourth-order valence-electron chi connectivity index (χ4n) is 2.04. The summed E-state index contributed by atoms with van der Waals surface area (Å²) in [7, 11) is 0. The van der Waals surface area contributed by atoms with Crippen molar-refractivity contribution >= 4 is 27.3 Å². The average molecular weight is 324 g/mol. The first-order valence-corrected chi connectivity index (χ1v) is 7.79. The molecule has 0 saturated heterocycles. The van der Waals surface area contributed by atoms with Gasteiger partial charge in [0.2, 0.25) is 0 Å². The molecular weight excluding hydrogens is 306 g/mol. The first-order valence-electron chi connectivity index (χ1n) is 6.18. The normalized spacial score (nSPS) is 12.7. The van der Waals surface area contributed by atoms with Crippen molar-refractivity contribution in [3.8, 4) is 0 Å². The second-order valence-corrected chi connectivity index (χ2v) is 6.76. The lowest BCUT2D eigenvalue weighted by Gasteiger charge is -2.12. The van der Waals surface area contributed by atoms with Gasteiger partial charge in [-0.05, 0) is 48.7 Å². The summed E-state index contributed by atoms with van der Waals surface area (Å²) in [6.45, 7) is 4.29. The molecule has 1 nitrogen and oxygen atoms in total. The van der Waals surface area contributed by atoms with E-state index in [1.165, 1.54) is 20.9 Å². The third kappa shape index (κ3) is 3.44. The fourth-order valence-corrected chi connectivity index (χ4v) is 3.68. The zero-order valence-corrected chi connectivity index (χ0v) is 13.1. The van der Waals surface area contributed by atoms with E-state index in [-0.39, 0.29) is 6.04 Å². The molecule has 0 saturated carbocycles.